The molecule has 0 spiro atoms. The van der Waals surface area contributed by atoms with Gasteiger partial charge in [-0.25, -0.2) is 9.88 Å². The van der Waals surface area contributed by atoms with Gasteiger partial charge in [0.05, 0.1) is 11.7 Å². The van der Waals surface area contributed by atoms with Crippen molar-refractivity contribution in [1.82, 2.24) is 0 Å². The van der Waals surface area contributed by atoms with Crippen LogP contribution in [0, 0.1) is 6.92 Å². The van der Waals surface area contributed by atoms with Gasteiger partial charge < -0.3 is 17.5 Å². The van der Waals surface area contributed by atoms with E-state index in [2.05, 4.69) is 23.0 Å². The molecule has 4 aromatic rings. The zero-order valence-corrected chi connectivity index (χ0v) is 14.9. The van der Waals surface area contributed by atoms with E-state index < -0.39 is 0 Å². The maximum absolute atomic E-state index is 10.5. The molecule has 24 heavy (non-hydrogen) atoms. The molecule has 4 rings (SSSR count). The van der Waals surface area contributed by atoms with E-state index in [1.165, 1.54) is 0 Å². The monoisotopic (exact) mass is 356 g/mol. The van der Waals surface area contributed by atoms with Crippen LogP contribution in [0.25, 0.3) is 21.0 Å². The quantitative estimate of drug-likeness (QED) is 0.536. The van der Waals surface area contributed by atoms with Gasteiger partial charge in [-0.05, 0) is 36.5 Å². The normalized spacial score (nSPS) is 10.8. The molecule has 0 saturated carbocycles. The first-order chi connectivity index (χ1) is 11.2. The van der Waals surface area contributed by atoms with E-state index >= 15 is 0 Å². The number of aryl methyl sites for hydroxylation is 2. The molecule has 3 aromatic carbocycles. The third kappa shape index (κ3) is 2.48. The van der Waals surface area contributed by atoms with Crippen molar-refractivity contribution >= 4 is 43.1 Å². The van der Waals surface area contributed by atoms with Crippen LogP contribution in [0.4, 0.5) is 10.8 Å². The Morgan fingerprint density at radius 2 is 1.58 bits per heavy atom. The Kier molecular flexibility index (Phi) is 4.35. The number of hydrogen-bond acceptors (Lipinski definition) is 3. The van der Waals surface area contributed by atoms with Crippen molar-refractivity contribution in [3.63, 3.8) is 0 Å². The number of fused-ring (bicyclic) bond motifs is 3. The summed E-state index contributed by atoms with van der Waals surface area (Å²) in [6.07, 6.45) is 0. The van der Waals surface area contributed by atoms with Crippen LogP contribution in [-0.2, 0) is 7.05 Å². The fourth-order valence-electron chi connectivity index (χ4n) is 2.98. The molecular weight excluding hydrogens is 340 g/mol. The second-order valence-electron chi connectivity index (χ2n) is 5.65. The summed E-state index contributed by atoms with van der Waals surface area (Å²) >= 11 is 1.67. The van der Waals surface area contributed by atoms with Crippen molar-refractivity contribution in [2.75, 3.05) is 5.32 Å². The molecule has 0 bridgehead atoms. The Morgan fingerprint density at radius 1 is 0.958 bits per heavy atom. The lowest BCUT2D eigenvalue weighted by Gasteiger charge is -2.05. The summed E-state index contributed by atoms with van der Waals surface area (Å²) in [5.41, 5.74) is 3.14. The average molecular weight is 357 g/mol. The maximum atomic E-state index is 10.5. The number of rotatable bonds is 2. The van der Waals surface area contributed by atoms with Gasteiger partial charge in [-0.1, -0.05) is 36.4 Å². The topological polar surface area (TPSA) is 36.1 Å². The van der Waals surface area contributed by atoms with E-state index in [0.29, 0.717) is 5.75 Å². The summed E-state index contributed by atoms with van der Waals surface area (Å²) in [6, 6.07) is 18.1. The number of para-hydroxylation sites is 1. The highest BCUT2D eigenvalue weighted by Crippen LogP contribution is 2.39. The second-order valence-corrected chi connectivity index (χ2v) is 6.65. The van der Waals surface area contributed by atoms with E-state index in [9.17, 15) is 5.11 Å². The van der Waals surface area contributed by atoms with Crippen molar-refractivity contribution in [2.45, 2.75) is 6.92 Å². The molecule has 0 aliphatic heterocycles. The van der Waals surface area contributed by atoms with Crippen LogP contribution in [0.3, 0.4) is 0 Å². The number of anilines is 2. The number of aromatic nitrogens is 1. The fraction of sp³-hybridized carbons (Fsp3) is 0.105. The highest BCUT2D eigenvalue weighted by molar-refractivity contribution is 7.22. The first-order valence-electron chi connectivity index (χ1n) is 7.51. The van der Waals surface area contributed by atoms with Gasteiger partial charge in [0.1, 0.15) is 11.4 Å². The third-order valence-electron chi connectivity index (χ3n) is 4.21. The van der Waals surface area contributed by atoms with Gasteiger partial charge in [-0.15, -0.1) is 0 Å². The summed E-state index contributed by atoms with van der Waals surface area (Å²) in [5.74, 6) is 0.376. The minimum Gasteiger partial charge on any atom is -1.00 e. The summed E-state index contributed by atoms with van der Waals surface area (Å²) < 4.78 is 3.28. The number of hydrogen-bond donors (Lipinski definition) is 2. The van der Waals surface area contributed by atoms with E-state index in [1.54, 1.807) is 11.3 Å². The number of halogens is 1. The summed E-state index contributed by atoms with van der Waals surface area (Å²) in [4.78, 5) is 0. The first kappa shape index (κ1) is 16.6. The zero-order chi connectivity index (χ0) is 16.0. The lowest BCUT2D eigenvalue weighted by atomic mass is 10.0. The Labute approximate surface area is 150 Å². The van der Waals surface area contributed by atoms with Crippen molar-refractivity contribution in [2.24, 2.45) is 7.05 Å². The molecule has 1 heterocycles. The molecule has 0 unspecified atom stereocenters. The van der Waals surface area contributed by atoms with Crippen LogP contribution in [-0.4, -0.2) is 5.11 Å². The molecule has 0 aliphatic carbocycles. The maximum Gasteiger partial charge on any atom is 0.339 e. The van der Waals surface area contributed by atoms with Crippen LogP contribution in [0.15, 0.2) is 54.6 Å². The van der Waals surface area contributed by atoms with Crippen molar-refractivity contribution in [3.05, 3.63) is 60.2 Å². The molecule has 1 aromatic heterocycles. The number of nitrogens with one attached hydrogen (secondary N) is 1. The number of phenols is 1. The van der Waals surface area contributed by atoms with E-state index in [4.69, 9.17) is 0 Å². The molecule has 0 amide bonds. The molecule has 2 N–H and O–H groups in total. The van der Waals surface area contributed by atoms with E-state index in [-0.39, 0.29) is 12.4 Å². The average Bonchev–Trinajstić information content (AvgIpc) is 2.91. The Hall–Kier alpha value is -2.30. The van der Waals surface area contributed by atoms with Crippen LogP contribution in [0.5, 0.6) is 5.75 Å². The zero-order valence-electron chi connectivity index (χ0n) is 13.4. The van der Waals surface area contributed by atoms with Crippen LogP contribution in [0.2, 0.25) is 0 Å². The molecule has 0 fully saturated rings. The molecule has 0 saturated heterocycles. The summed E-state index contributed by atoms with van der Waals surface area (Å²) in [6.45, 7) is 1.98. The predicted octanol–water partition coefficient (Wildman–Crippen LogP) is 1.64. The number of phenolic OH excluding ortho intramolecular Hbond substituents is 1. The highest BCUT2D eigenvalue weighted by Gasteiger charge is 2.22. The van der Waals surface area contributed by atoms with Gasteiger partial charge in [-0.2, -0.15) is 0 Å². The second kappa shape index (κ2) is 6.30. The minimum atomic E-state index is 0. The van der Waals surface area contributed by atoms with Gasteiger partial charge in [0, 0.05) is 16.3 Å². The molecule has 0 atom stereocenters. The van der Waals surface area contributed by atoms with Gasteiger partial charge in [0.15, 0.2) is 5.52 Å². The first-order valence-corrected chi connectivity index (χ1v) is 8.33. The number of thiazole rings is 1. The highest BCUT2D eigenvalue weighted by atomic mass is 35.5. The van der Waals surface area contributed by atoms with Gasteiger partial charge in [-0.3, -0.25) is 0 Å². The Balaban J connectivity index is 0.00000169. The molecule has 3 nitrogen and oxygen atoms in total. The largest absolute Gasteiger partial charge is 1.00 e. The van der Waals surface area contributed by atoms with Crippen LogP contribution < -0.4 is 22.3 Å². The lowest BCUT2D eigenvalue weighted by Crippen LogP contribution is -3.00. The number of aromatic hydroxyl groups is 1. The molecular formula is C19H17ClN2OS. The summed E-state index contributed by atoms with van der Waals surface area (Å²) in [5, 5.41) is 17.0. The number of nitrogens with zero attached hydrogens (tertiary/aromatic N) is 1. The van der Waals surface area contributed by atoms with Gasteiger partial charge >= 0.3 is 5.13 Å². The molecule has 5 heteroatoms. The fourth-order valence-corrected chi connectivity index (χ4v) is 4.17. The Bertz CT molecular complexity index is 1030. The SMILES string of the molecule is Cc1c(O)c2ccccc2c2c1sc(Nc1ccccc1)[n+]2C.[Cl-]. The molecule has 0 radical (unpaired) electrons. The molecule has 122 valence electrons. The Morgan fingerprint density at radius 3 is 2.29 bits per heavy atom. The van der Waals surface area contributed by atoms with Gasteiger partial charge in [0.2, 0.25) is 0 Å². The third-order valence-corrected chi connectivity index (χ3v) is 5.48. The van der Waals surface area contributed by atoms with Crippen molar-refractivity contribution in [1.29, 1.82) is 0 Å². The summed E-state index contributed by atoms with van der Waals surface area (Å²) in [7, 11) is 2.06. The molecule has 0 aliphatic rings. The smallest absolute Gasteiger partial charge is 0.339 e. The van der Waals surface area contributed by atoms with Crippen LogP contribution in [0.1, 0.15) is 5.56 Å². The predicted molar refractivity (Wildman–Crippen MR) is 96.6 cm³/mol. The standard InChI is InChI=1S/C19H16N2OS.ClH/c1-12-17(22)15-11-7-6-10-14(15)16-18(12)23-19(21(16)2)20-13-8-4-3-5-9-13;/h3-11,22H,1-2H3;1H. The van der Waals surface area contributed by atoms with Crippen LogP contribution >= 0.6 is 11.3 Å². The van der Waals surface area contributed by atoms with Crippen molar-refractivity contribution in [3.8, 4) is 5.75 Å². The number of benzene rings is 3. The van der Waals surface area contributed by atoms with E-state index in [1.807, 2.05) is 55.5 Å². The minimum absolute atomic E-state index is 0. The van der Waals surface area contributed by atoms with E-state index in [0.717, 1.165) is 37.4 Å². The lowest BCUT2D eigenvalue weighted by molar-refractivity contribution is -0.625. The van der Waals surface area contributed by atoms with Gasteiger partial charge in [0.25, 0.3) is 0 Å². The van der Waals surface area contributed by atoms with Crippen molar-refractivity contribution < 1.29 is 22.1 Å².